The molecule has 3 heteroatoms. The van der Waals surface area contributed by atoms with Gasteiger partial charge < -0.3 is 10.0 Å². The second kappa shape index (κ2) is 4.95. The zero-order valence-electron chi connectivity index (χ0n) is 10.3. The molecule has 1 saturated heterocycles. The largest absolute Gasteiger partial charge is 0.390 e. The Morgan fingerprint density at radius 2 is 1.69 bits per heavy atom. The second-order valence-electron chi connectivity index (χ2n) is 6.11. The molecule has 0 amide bonds. The van der Waals surface area contributed by atoms with Crippen LogP contribution in [-0.4, -0.2) is 40.6 Å². The molecule has 0 aromatic heterocycles. The molecule has 0 atom stereocenters. The zero-order valence-corrected chi connectivity index (χ0v) is 11.9. The number of hydrogen-bond donors (Lipinski definition) is 1. The van der Waals surface area contributed by atoms with E-state index in [0.29, 0.717) is 5.41 Å². The van der Waals surface area contributed by atoms with Gasteiger partial charge in [0.15, 0.2) is 0 Å². The second-order valence-corrected chi connectivity index (χ2v) is 6.67. The predicted molar refractivity (Wildman–Crippen MR) is 71.0 cm³/mol. The summed E-state index contributed by atoms with van der Waals surface area (Å²) >= 11 is 3.71. The Bertz CT molecular complexity index is 226. The smallest absolute Gasteiger partial charge is 0.0644 e. The number of rotatable bonds is 3. The Kier molecular flexibility index (Phi) is 3.97. The predicted octanol–water partition coefficient (Wildman–Crippen LogP) is 2.79. The lowest BCUT2D eigenvalue weighted by Gasteiger charge is -2.40. The summed E-state index contributed by atoms with van der Waals surface area (Å²) in [5.74, 6) is 0. The highest BCUT2D eigenvalue weighted by atomic mass is 79.9. The number of halogens is 1. The maximum Gasteiger partial charge on any atom is 0.0644 e. The van der Waals surface area contributed by atoms with E-state index in [1.54, 1.807) is 0 Å². The van der Waals surface area contributed by atoms with Gasteiger partial charge in [-0.05, 0) is 38.0 Å². The molecule has 1 saturated carbocycles. The van der Waals surface area contributed by atoms with Crippen molar-refractivity contribution in [1.29, 1.82) is 0 Å². The van der Waals surface area contributed by atoms with Crippen LogP contribution in [0.15, 0.2) is 0 Å². The molecule has 0 spiro atoms. The maximum absolute atomic E-state index is 9.94. The maximum atomic E-state index is 9.94. The van der Waals surface area contributed by atoms with Crippen LogP contribution in [0.1, 0.15) is 45.4 Å². The van der Waals surface area contributed by atoms with Gasteiger partial charge in [0.05, 0.1) is 5.60 Å². The van der Waals surface area contributed by atoms with E-state index in [1.165, 1.54) is 32.2 Å². The van der Waals surface area contributed by atoms with Crippen LogP contribution in [0.25, 0.3) is 0 Å². The van der Waals surface area contributed by atoms with Crippen LogP contribution in [0.5, 0.6) is 0 Å². The summed E-state index contributed by atoms with van der Waals surface area (Å²) in [6.45, 7) is 5.35. The third-order valence-electron chi connectivity index (χ3n) is 4.44. The first kappa shape index (κ1) is 12.8. The third-order valence-corrected chi connectivity index (χ3v) is 5.63. The van der Waals surface area contributed by atoms with E-state index >= 15 is 0 Å². The fourth-order valence-corrected chi connectivity index (χ4v) is 3.86. The van der Waals surface area contributed by atoms with Crippen LogP contribution in [0.3, 0.4) is 0 Å². The average molecular weight is 290 g/mol. The van der Waals surface area contributed by atoms with Crippen molar-refractivity contribution in [2.24, 2.45) is 5.41 Å². The topological polar surface area (TPSA) is 23.5 Å². The number of piperidine rings is 1. The molecule has 94 valence electrons. The molecule has 2 nitrogen and oxygen atoms in total. The Morgan fingerprint density at radius 3 is 2.19 bits per heavy atom. The standard InChI is InChI=1S/C13H24BrNO/c1-12(16)6-8-15(9-7-12)11-13(10-14)4-2-3-5-13/h16H,2-11H2,1H3. The summed E-state index contributed by atoms with van der Waals surface area (Å²) in [7, 11) is 0. The van der Waals surface area contributed by atoms with Gasteiger partial charge >= 0.3 is 0 Å². The highest BCUT2D eigenvalue weighted by Crippen LogP contribution is 2.41. The molecule has 2 aliphatic rings. The lowest BCUT2D eigenvalue weighted by Crippen LogP contribution is -2.46. The van der Waals surface area contributed by atoms with Gasteiger partial charge in [0.25, 0.3) is 0 Å². The van der Waals surface area contributed by atoms with Gasteiger partial charge in [0.2, 0.25) is 0 Å². The van der Waals surface area contributed by atoms with Gasteiger partial charge in [-0.15, -0.1) is 0 Å². The van der Waals surface area contributed by atoms with Crippen molar-refractivity contribution in [2.75, 3.05) is 25.0 Å². The molecule has 1 aliphatic heterocycles. The lowest BCUT2D eigenvalue weighted by atomic mass is 9.86. The van der Waals surface area contributed by atoms with Gasteiger partial charge in [0, 0.05) is 25.0 Å². The number of nitrogens with zero attached hydrogens (tertiary/aromatic N) is 1. The van der Waals surface area contributed by atoms with Crippen LogP contribution < -0.4 is 0 Å². The first-order valence-electron chi connectivity index (χ1n) is 6.56. The normalized spacial score (nSPS) is 29.4. The summed E-state index contributed by atoms with van der Waals surface area (Å²) in [6.07, 6.45) is 7.43. The van der Waals surface area contributed by atoms with Crippen LogP contribution in [0.4, 0.5) is 0 Å². The van der Waals surface area contributed by atoms with E-state index in [2.05, 4.69) is 20.8 Å². The SMILES string of the molecule is CC1(O)CCN(CC2(CBr)CCCC2)CC1. The Balaban J connectivity index is 1.86. The summed E-state index contributed by atoms with van der Waals surface area (Å²) < 4.78 is 0. The molecule has 2 fully saturated rings. The van der Waals surface area contributed by atoms with E-state index < -0.39 is 5.60 Å². The van der Waals surface area contributed by atoms with E-state index in [9.17, 15) is 5.11 Å². The van der Waals surface area contributed by atoms with Gasteiger partial charge in [-0.2, -0.15) is 0 Å². The van der Waals surface area contributed by atoms with Crippen molar-refractivity contribution < 1.29 is 5.11 Å². The molecule has 1 aliphatic carbocycles. The molecule has 2 rings (SSSR count). The van der Waals surface area contributed by atoms with Gasteiger partial charge in [-0.3, -0.25) is 0 Å². The third kappa shape index (κ3) is 2.99. The fraction of sp³-hybridized carbons (Fsp3) is 1.00. The molecule has 1 N–H and O–H groups in total. The minimum absolute atomic E-state index is 0.409. The van der Waals surface area contributed by atoms with Gasteiger partial charge in [0.1, 0.15) is 0 Å². The summed E-state index contributed by atoms with van der Waals surface area (Å²) in [5, 5.41) is 11.1. The minimum atomic E-state index is -0.409. The fourth-order valence-electron chi connectivity index (χ4n) is 3.13. The van der Waals surface area contributed by atoms with Gasteiger partial charge in [-0.25, -0.2) is 0 Å². The minimum Gasteiger partial charge on any atom is -0.390 e. The van der Waals surface area contributed by atoms with Crippen LogP contribution in [-0.2, 0) is 0 Å². The molecule has 16 heavy (non-hydrogen) atoms. The number of alkyl halides is 1. The van der Waals surface area contributed by atoms with Crippen molar-refractivity contribution in [3.8, 4) is 0 Å². The highest BCUT2D eigenvalue weighted by Gasteiger charge is 2.36. The first-order valence-corrected chi connectivity index (χ1v) is 7.68. The summed E-state index contributed by atoms with van der Waals surface area (Å²) in [4.78, 5) is 2.56. The van der Waals surface area contributed by atoms with Crippen LogP contribution in [0, 0.1) is 5.41 Å². The molecule has 1 heterocycles. The molecule has 0 aromatic carbocycles. The number of hydrogen-bond acceptors (Lipinski definition) is 2. The number of likely N-dealkylation sites (tertiary alicyclic amines) is 1. The molecular formula is C13H24BrNO. The number of aliphatic hydroxyl groups is 1. The Morgan fingerprint density at radius 1 is 1.12 bits per heavy atom. The summed E-state index contributed by atoms with van der Waals surface area (Å²) in [5.41, 5.74) is 0.122. The zero-order chi connectivity index (χ0) is 11.6. The monoisotopic (exact) mass is 289 g/mol. The van der Waals surface area contributed by atoms with Crippen molar-refractivity contribution in [3.05, 3.63) is 0 Å². The average Bonchev–Trinajstić information content (AvgIpc) is 2.71. The molecule has 0 radical (unpaired) electrons. The van der Waals surface area contributed by atoms with Crippen molar-refractivity contribution >= 4 is 15.9 Å². The quantitative estimate of drug-likeness (QED) is 0.808. The van der Waals surface area contributed by atoms with E-state index in [4.69, 9.17) is 0 Å². The lowest BCUT2D eigenvalue weighted by molar-refractivity contribution is -0.0137. The van der Waals surface area contributed by atoms with Crippen molar-refractivity contribution in [3.63, 3.8) is 0 Å². The van der Waals surface area contributed by atoms with Crippen molar-refractivity contribution in [2.45, 2.75) is 51.0 Å². The molecule has 0 aromatic rings. The highest BCUT2D eigenvalue weighted by molar-refractivity contribution is 9.09. The van der Waals surface area contributed by atoms with Crippen molar-refractivity contribution in [1.82, 2.24) is 4.90 Å². The molecule has 0 bridgehead atoms. The molecule has 0 unspecified atom stereocenters. The van der Waals surface area contributed by atoms with E-state index in [1.807, 2.05) is 6.92 Å². The van der Waals surface area contributed by atoms with Crippen LogP contribution in [0.2, 0.25) is 0 Å². The first-order chi connectivity index (χ1) is 7.55. The molecular weight excluding hydrogens is 266 g/mol. The van der Waals surface area contributed by atoms with E-state index in [-0.39, 0.29) is 0 Å². The van der Waals surface area contributed by atoms with E-state index in [0.717, 1.165) is 31.3 Å². The summed E-state index contributed by atoms with van der Waals surface area (Å²) in [6, 6.07) is 0. The Hall–Kier alpha value is 0.400. The Labute approximate surface area is 108 Å². The van der Waals surface area contributed by atoms with Gasteiger partial charge in [-0.1, -0.05) is 28.8 Å². The van der Waals surface area contributed by atoms with Crippen LogP contribution >= 0.6 is 15.9 Å².